The van der Waals surface area contributed by atoms with E-state index in [1.165, 1.54) is 0 Å². The molecule has 0 unspecified atom stereocenters. The fourth-order valence-electron chi connectivity index (χ4n) is 0.170. The topological polar surface area (TPSA) is 85.3 Å². The molecule has 0 aromatic carbocycles. The van der Waals surface area contributed by atoms with Crippen LogP contribution in [-0.2, 0) is 33.8 Å². The van der Waals surface area contributed by atoms with Crippen LogP contribution in [0.1, 0.15) is 0 Å². The van der Waals surface area contributed by atoms with Crippen LogP contribution in [0.5, 0.6) is 0 Å². The van der Waals surface area contributed by atoms with Gasteiger partial charge in [-0.1, -0.05) is 22.5 Å². The van der Waals surface area contributed by atoms with Gasteiger partial charge in [0.05, 0.1) is 6.63 Å². The van der Waals surface area contributed by atoms with Crippen molar-refractivity contribution in [3.63, 3.8) is 0 Å². The van der Waals surface area contributed by atoms with E-state index in [9.17, 15) is 24.0 Å². The average Bonchev–Trinajstić information content (AvgIpc) is 2.23. The van der Waals surface area contributed by atoms with Crippen LogP contribution in [0.3, 0.4) is 0 Å². The van der Waals surface area contributed by atoms with Gasteiger partial charge in [0.15, 0.2) is 0 Å². The van der Waals surface area contributed by atoms with Crippen LogP contribution in [0, 0.1) is 0 Å². The second-order valence-electron chi connectivity index (χ2n) is 1.84. The first-order valence-electron chi connectivity index (χ1n) is 2.83. The van der Waals surface area contributed by atoms with Crippen molar-refractivity contribution >= 4 is 52.9 Å². The van der Waals surface area contributed by atoms with Crippen LogP contribution in [0.15, 0.2) is 0 Å². The second-order valence-corrected chi connectivity index (χ2v) is 10.7. The summed E-state index contributed by atoms with van der Waals surface area (Å²) in [7, 11) is -5.61. The molecule has 0 aliphatic rings. The van der Waals surface area contributed by atoms with Crippen molar-refractivity contribution in [1.29, 1.82) is 0 Å². The summed E-state index contributed by atoms with van der Waals surface area (Å²) in [5.74, 6) is 0. The molecule has 0 aliphatic carbocycles. The Labute approximate surface area is 93.2 Å². The summed E-state index contributed by atoms with van der Waals surface area (Å²) in [5, 5.41) is 0. The van der Waals surface area contributed by atoms with Crippen molar-refractivity contribution in [2.45, 2.75) is 0 Å². The third kappa shape index (κ3) is 4.66. The molecule has 82 valence electrons. The molecule has 0 aliphatic heterocycles. The molecule has 0 spiro atoms. The van der Waals surface area contributed by atoms with Crippen molar-refractivity contribution in [2.24, 2.45) is 0 Å². The minimum atomic E-state index is -5.61. The molecule has 5 nitrogen and oxygen atoms in total. The molecule has 0 aromatic rings. The van der Waals surface area contributed by atoms with E-state index in [0.717, 1.165) is 23.7 Å². The molecule has 0 saturated carbocycles. The predicted octanol–water partition coefficient (Wildman–Crippen LogP) is 0.418. The van der Waals surface area contributed by atoms with Crippen LogP contribution in [0.2, 0.25) is 0 Å². The van der Waals surface area contributed by atoms with Crippen LogP contribution < -0.4 is 0 Å². The Morgan fingerprint density at radius 3 is 0.933 bits per heavy atom. The van der Waals surface area contributed by atoms with Crippen LogP contribution in [0.4, 0.5) is 0 Å². The number of hydrogen-bond acceptors (Lipinski definition) is 5. The molecule has 0 rings (SSSR count). The molecule has 0 aromatic heterocycles. The number of halogens is 2. The SMILES string of the molecule is CP(Cl)Cl.O=[C]=[Cr](=[C]=O)(=[C]=O)(=[C]=O)=[C]=O. The van der Waals surface area contributed by atoms with Crippen molar-refractivity contribution in [3.05, 3.63) is 0 Å². The molecule has 0 saturated heterocycles. The van der Waals surface area contributed by atoms with Crippen molar-refractivity contribution in [2.75, 3.05) is 6.66 Å². The van der Waals surface area contributed by atoms with Gasteiger partial charge >= 0.3 is 57.5 Å². The summed E-state index contributed by atoms with van der Waals surface area (Å²) in [6, 6.07) is 0. The molecule has 0 radical (unpaired) electrons. The zero-order valence-electron chi connectivity index (χ0n) is 7.15. The summed E-state index contributed by atoms with van der Waals surface area (Å²) in [6.07, 6.45) is 0. The zero-order chi connectivity index (χ0) is 12.6. The summed E-state index contributed by atoms with van der Waals surface area (Å²) < 4.78 is 3.75. The van der Waals surface area contributed by atoms with Crippen LogP contribution >= 0.6 is 29.1 Å². The van der Waals surface area contributed by atoms with E-state index in [4.69, 9.17) is 22.5 Å². The maximum absolute atomic E-state index is 9.97. The maximum atomic E-state index is 9.97. The monoisotopic (exact) mass is 308 g/mol. The van der Waals surface area contributed by atoms with Gasteiger partial charge in [-0.05, 0) is 6.66 Å². The Morgan fingerprint density at radius 2 is 0.933 bits per heavy atom. The molecule has 0 bridgehead atoms. The molecule has 9 heteroatoms. The number of rotatable bonds is 0. The van der Waals surface area contributed by atoms with E-state index < -0.39 is 16.4 Å². The summed E-state index contributed by atoms with van der Waals surface area (Å²) >= 11 is 10.2. The first-order chi connectivity index (χ1) is 6.85. The van der Waals surface area contributed by atoms with Crippen LogP contribution in [-0.4, -0.2) is 30.4 Å². The van der Waals surface area contributed by atoms with Gasteiger partial charge in [0, 0.05) is 0 Å². The minimum absolute atomic E-state index is 0.676. The van der Waals surface area contributed by atoms with E-state index >= 15 is 0 Å². The summed E-state index contributed by atoms with van der Waals surface area (Å²) in [6.45, 7) is 1.09. The Morgan fingerprint density at radius 1 is 0.800 bits per heavy atom. The molecule has 0 atom stereocenters. The number of hydrogen-bond donors (Lipinski definition) is 0. The first kappa shape index (κ1) is 16.9. The molecule has 0 heterocycles. The van der Waals surface area contributed by atoms with Gasteiger partial charge in [0.25, 0.3) is 0 Å². The quantitative estimate of drug-likeness (QED) is 0.605. The summed E-state index contributed by atoms with van der Waals surface area (Å²) in [4.78, 5) is 49.9. The van der Waals surface area contributed by atoms with Crippen LogP contribution in [0.25, 0.3) is 0 Å². The molecule has 15 heavy (non-hydrogen) atoms. The Bertz CT molecular complexity index is 606. The Hall–Kier alpha value is -0.558. The first-order valence-corrected chi connectivity index (χ1v) is 9.61. The van der Waals surface area contributed by atoms with Gasteiger partial charge in [0.2, 0.25) is 0 Å². The van der Waals surface area contributed by atoms with Gasteiger partial charge in [-0.2, -0.15) is 0 Å². The Balaban J connectivity index is 0. The number of carbonyl (C=O) groups excluding carboxylic acids is 5. The normalized spacial score (nSPS) is 7.73. The van der Waals surface area contributed by atoms with Gasteiger partial charge in [0.1, 0.15) is 0 Å². The van der Waals surface area contributed by atoms with Gasteiger partial charge in [-0.15, -0.1) is 0 Å². The van der Waals surface area contributed by atoms with Gasteiger partial charge in [-0.25, -0.2) is 0 Å². The van der Waals surface area contributed by atoms with Crippen molar-refractivity contribution in [3.8, 4) is 0 Å². The standard InChI is InChI=1S/CH3Cl2P.5CO.Cr/c1-4(2)3;5*1-2;/h1H3;;;;;;. The predicted molar refractivity (Wildman–Crippen MR) is 53.0 cm³/mol. The van der Waals surface area contributed by atoms with Gasteiger partial charge in [-0.3, -0.25) is 0 Å². The summed E-state index contributed by atoms with van der Waals surface area (Å²) in [5.41, 5.74) is 0. The van der Waals surface area contributed by atoms with Crippen molar-refractivity contribution in [1.82, 2.24) is 0 Å². The van der Waals surface area contributed by atoms with E-state index in [1.807, 2.05) is 0 Å². The molecular formula is C6H3Cl2CrO5P. The van der Waals surface area contributed by atoms with E-state index in [2.05, 4.69) is 0 Å². The van der Waals surface area contributed by atoms with Gasteiger partial charge < -0.3 is 0 Å². The molecule has 0 fully saturated rings. The average molecular weight is 309 g/mol. The van der Waals surface area contributed by atoms with E-state index in [-0.39, 0.29) is 0 Å². The molecular weight excluding hydrogens is 306 g/mol. The van der Waals surface area contributed by atoms with E-state index in [1.54, 1.807) is 6.66 Å². The molecule has 0 N–H and O–H groups in total. The van der Waals surface area contributed by atoms with Crippen molar-refractivity contribution < 1.29 is 33.8 Å². The van der Waals surface area contributed by atoms with E-state index in [0.29, 0.717) is 0 Å². The third-order valence-electron chi connectivity index (χ3n) is 0.833. The molecule has 0 amide bonds. The second kappa shape index (κ2) is 6.84. The third-order valence-corrected chi connectivity index (χ3v) is 3.44. The Kier molecular flexibility index (Phi) is 7.69. The fraction of sp³-hybridized carbons (Fsp3) is 0.167. The zero-order valence-corrected chi connectivity index (χ0v) is 10.8. The fourth-order valence-corrected chi connectivity index (χ4v) is 0.701.